The summed E-state index contributed by atoms with van der Waals surface area (Å²) < 4.78 is 6.75. The van der Waals surface area contributed by atoms with E-state index >= 15 is 0 Å². The summed E-state index contributed by atoms with van der Waals surface area (Å²) in [5.74, 6) is 1.03. The Bertz CT molecular complexity index is 654. The molecule has 2 aromatic carbocycles. The summed E-state index contributed by atoms with van der Waals surface area (Å²) in [4.78, 5) is 3.79. The van der Waals surface area contributed by atoms with E-state index in [4.69, 9.17) is 4.74 Å². The van der Waals surface area contributed by atoms with E-state index in [1.807, 2.05) is 11.8 Å². The minimum atomic E-state index is 0.0702. The first-order valence-corrected chi connectivity index (χ1v) is 9.93. The summed E-state index contributed by atoms with van der Waals surface area (Å²) in [5, 5.41) is 0. The van der Waals surface area contributed by atoms with Gasteiger partial charge in [0.15, 0.2) is 0 Å². The molecule has 0 aliphatic carbocycles. The molecule has 0 bridgehead atoms. The lowest BCUT2D eigenvalue weighted by Crippen LogP contribution is -2.22. The molecular formula is C21H25NOS. The van der Waals surface area contributed by atoms with Crippen LogP contribution in [0.2, 0.25) is 0 Å². The van der Waals surface area contributed by atoms with Gasteiger partial charge in [-0.1, -0.05) is 42.5 Å². The standard InChI is InChI=1S/C21H25NOS/c1-22-13-6-8-17(12-14-22)23-21-18-9-3-2-7-16(18)15-24-20-11-5-4-10-19(20)21/h2-5,7,9-11,17,21H,6,8,12-15H2,1H3/t17-,21-/m0/s1. The molecule has 0 spiro atoms. The Labute approximate surface area is 149 Å². The predicted octanol–water partition coefficient (Wildman–Crippen LogP) is 4.88. The number of benzene rings is 2. The van der Waals surface area contributed by atoms with E-state index in [1.165, 1.54) is 34.6 Å². The van der Waals surface area contributed by atoms with Crippen molar-refractivity contribution in [3.8, 4) is 0 Å². The molecule has 2 atom stereocenters. The molecule has 1 fully saturated rings. The molecule has 0 N–H and O–H groups in total. The lowest BCUT2D eigenvalue weighted by Gasteiger charge is -2.26. The smallest absolute Gasteiger partial charge is 0.109 e. The van der Waals surface area contributed by atoms with Gasteiger partial charge < -0.3 is 9.64 Å². The van der Waals surface area contributed by atoms with E-state index in [-0.39, 0.29) is 6.10 Å². The molecule has 0 aromatic heterocycles. The lowest BCUT2D eigenvalue weighted by atomic mass is 9.97. The minimum absolute atomic E-state index is 0.0702. The number of hydrogen-bond acceptors (Lipinski definition) is 3. The zero-order chi connectivity index (χ0) is 16.4. The second-order valence-corrected chi connectivity index (χ2v) is 7.91. The van der Waals surface area contributed by atoms with Crippen LogP contribution >= 0.6 is 11.8 Å². The van der Waals surface area contributed by atoms with Gasteiger partial charge in [-0.2, -0.15) is 0 Å². The molecule has 2 aromatic rings. The number of hydrogen-bond donors (Lipinski definition) is 0. The Hall–Kier alpha value is -1.29. The van der Waals surface area contributed by atoms with Crippen molar-refractivity contribution in [2.24, 2.45) is 0 Å². The second kappa shape index (κ2) is 7.30. The maximum Gasteiger partial charge on any atom is 0.109 e. The van der Waals surface area contributed by atoms with Crippen LogP contribution in [0.3, 0.4) is 0 Å². The summed E-state index contributed by atoms with van der Waals surface area (Å²) in [6.45, 7) is 2.32. The van der Waals surface area contributed by atoms with Crippen LogP contribution in [0.25, 0.3) is 0 Å². The largest absolute Gasteiger partial charge is 0.365 e. The van der Waals surface area contributed by atoms with E-state index < -0.39 is 0 Å². The van der Waals surface area contributed by atoms with E-state index in [9.17, 15) is 0 Å². The van der Waals surface area contributed by atoms with Crippen molar-refractivity contribution in [1.82, 2.24) is 4.90 Å². The van der Waals surface area contributed by atoms with E-state index in [2.05, 4.69) is 60.5 Å². The van der Waals surface area contributed by atoms with Gasteiger partial charge in [-0.05, 0) is 55.6 Å². The molecule has 3 heteroatoms. The normalized spacial score (nSPS) is 24.5. The zero-order valence-corrected chi connectivity index (χ0v) is 15.1. The van der Waals surface area contributed by atoms with Crippen LogP contribution in [-0.2, 0) is 10.5 Å². The topological polar surface area (TPSA) is 12.5 Å². The van der Waals surface area contributed by atoms with Crippen molar-refractivity contribution < 1.29 is 4.74 Å². The first-order chi connectivity index (χ1) is 11.8. The second-order valence-electron chi connectivity index (χ2n) is 6.90. The van der Waals surface area contributed by atoms with Gasteiger partial charge in [0.1, 0.15) is 6.10 Å². The maximum atomic E-state index is 6.75. The van der Waals surface area contributed by atoms with Crippen LogP contribution in [0, 0.1) is 0 Å². The molecule has 126 valence electrons. The molecule has 4 rings (SSSR count). The third-order valence-corrected chi connectivity index (χ3v) is 6.29. The van der Waals surface area contributed by atoms with Gasteiger partial charge in [-0.3, -0.25) is 0 Å². The van der Waals surface area contributed by atoms with E-state index in [1.54, 1.807) is 0 Å². The summed E-state index contributed by atoms with van der Waals surface area (Å²) in [6.07, 6.45) is 3.94. The summed E-state index contributed by atoms with van der Waals surface area (Å²) in [7, 11) is 2.22. The number of likely N-dealkylation sites (tertiary alicyclic amines) is 1. The molecule has 2 nitrogen and oxygen atoms in total. The first kappa shape index (κ1) is 16.2. The van der Waals surface area contributed by atoms with Gasteiger partial charge >= 0.3 is 0 Å². The Morgan fingerprint density at radius 1 is 0.958 bits per heavy atom. The fraction of sp³-hybridized carbons (Fsp3) is 0.429. The molecule has 0 amide bonds. The molecule has 0 radical (unpaired) electrons. The first-order valence-electron chi connectivity index (χ1n) is 8.95. The fourth-order valence-electron chi connectivity index (χ4n) is 3.76. The Balaban J connectivity index is 1.67. The Morgan fingerprint density at radius 3 is 2.67 bits per heavy atom. The Morgan fingerprint density at radius 2 is 1.75 bits per heavy atom. The van der Waals surface area contributed by atoms with Gasteiger partial charge in [0, 0.05) is 17.2 Å². The predicted molar refractivity (Wildman–Crippen MR) is 101 cm³/mol. The molecule has 0 unspecified atom stereocenters. The highest BCUT2D eigenvalue weighted by atomic mass is 32.2. The van der Waals surface area contributed by atoms with Crippen LogP contribution in [-0.4, -0.2) is 31.1 Å². The van der Waals surface area contributed by atoms with E-state index in [0.717, 1.165) is 25.1 Å². The van der Waals surface area contributed by atoms with E-state index in [0.29, 0.717) is 6.10 Å². The highest BCUT2D eigenvalue weighted by Crippen LogP contribution is 2.42. The summed E-state index contributed by atoms with van der Waals surface area (Å²) >= 11 is 1.93. The highest BCUT2D eigenvalue weighted by molar-refractivity contribution is 7.98. The number of ether oxygens (including phenoxy) is 1. The molecule has 2 heterocycles. The summed E-state index contributed by atoms with van der Waals surface area (Å²) in [6, 6.07) is 17.6. The van der Waals surface area contributed by atoms with Gasteiger partial charge in [0.25, 0.3) is 0 Å². The van der Waals surface area contributed by atoms with Crippen molar-refractivity contribution in [3.05, 3.63) is 65.2 Å². The molecule has 1 saturated heterocycles. The maximum absolute atomic E-state index is 6.75. The molecule has 2 aliphatic rings. The van der Waals surface area contributed by atoms with Gasteiger partial charge in [-0.15, -0.1) is 11.8 Å². The molecule has 0 saturated carbocycles. The number of thioether (sulfide) groups is 1. The van der Waals surface area contributed by atoms with Crippen LogP contribution in [0.4, 0.5) is 0 Å². The van der Waals surface area contributed by atoms with Crippen molar-refractivity contribution in [1.29, 1.82) is 0 Å². The van der Waals surface area contributed by atoms with Gasteiger partial charge in [-0.25, -0.2) is 0 Å². The number of fused-ring (bicyclic) bond motifs is 2. The monoisotopic (exact) mass is 339 g/mol. The van der Waals surface area contributed by atoms with Crippen LogP contribution in [0.5, 0.6) is 0 Å². The lowest BCUT2D eigenvalue weighted by molar-refractivity contribution is -0.000571. The molecule has 24 heavy (non-hydrogen) atoms. The molecule has 2 aliphatic heterocycles. The van der Waals surface area contributed by atoms with Crippen molar-refractivity contribution in [2.75, 3.05) is 20.1 Å². The SMILES string of the molecule is CN1CCC[C@H](O[C@H]2c3ccccc3CSc3ccccc32)CC1. The summed E-state index contributed by atoms with van der Waals surface area (Å²) in [5.41, 5.74) is 4.10. The average Bonchev–Trinajstić information content (AvgIpc) is 2.91. The molecular weight excluding hydrogens is 314 g/mol. The number of rotatable bonds is 2. The zero-order valence-electron chi connectivity index (χ0n) is 14.3. The van der Waals surface area contributed by atoms with Crippen LogP contribution in [0.15, 0.2) is 53.4 Å². The minimum Gasteiger partial charge on any atom is -0.365 e. The third kappa shape index (κ3) is 3.39. The third-order valence-electron chi connectivity index (χ3n) is 5.15. The number of nitrogens with zero attached hydrogens (tertiary/aromatic N) is 1. The van der Waals surface area contributed by atoms with Crippen LogP contribution < -0.4 is 0 Å². The highest BCUT2D eigenvalue weighted by Gasteiger charge is 2.27. The van der Waals surface area contributed by atoms with Gasteiger partial charge in [0.2, 0.25) is 0 Å². The van der Waals surface area contributed by atoms with Crippen molar-refractivity contribution in [3.63, 3.8) is 0 Å². The fourth-order valence-corrected chi connectivity index (χ4v) is 4.85. The van der Waals surface area contributed by atoms with Crippen molar-refractivity contribution >= 4 is 11.8 Å². The van der Waals surface area contributed by atoms with Crippen LogP contribution in [0.1, 0.15) is 42.1 Å². The average molecular weight is 340 g/mol. The Kier molecular flexibility index (Phi) is 4.93. The quantitative estimate of drug-likeness (QED) is 0.773. The van der Waals surface area contributed by atoms with Gasteiger partial charge in [0.05, 0.1) is 6.10 Å². The van der Waals surface area contributed by atoms with Crippen molar-refractivity contribution in [2.45, 2.75) is 42.1 Å².